The molecular weight excluding hydrogens is 394 g/mol. The van der Waals surface area contributed by atoms with Crippen LogP contribution >= 0.6 is 0 Å². The molecule has 31 heavy (non-hydrogen) atoms. The quantitative estimate of drug-likeness (QED) is 0.499. The van der Waals surface area contributed by atoms with Crippen molar-refractivity contribution >= 4 is 11.4 Å². The number of hydrogen-bond acceptors (Lipinski definition) is 5. The Morgan fingerprint density at radius 1 is 1.06 bits per heavy atom. The van der Waals surface area contributed by atoms with Gasteiger partial charge in [0.25, 0.3) is 5.56 Å². The van der Waals surface area contributed by atoms with Crippen LogP contribution in [0.25, 0.3) is 16.8 Å². The number of carbonyl (C=O) groups is 1. The van der Waals surface area contributed by atoms with Gasteiger partial charge in [-0.15, -0.1) is 0 Å². The summed E-state index contributed by atoms with van der Waals surface area (Å²) in [7, 11) is 0. The summed E-state index contributed by atoms with van der Waals surface area (Å²) in [6, 6.07) is 18.8. The Labute approximate surface area is 179 Å². The maximum atomic E-state index is 12.9. The monoisotopic (exact) mass is 417 g/mol. The summed E-state index contributed by atoms with van der Waals surface area (Å²) >= 11 is 0. The van der Waals surface area contributed by atoms with E-state index in [-0.39, 0.29) is 18.0 Å². The lowest BCUT2D eigenvalue weighted by Gasteiger charge is -2.11. The zero-order valence-electron chi connectivity index (χ0n) is 17.4. The van der Waals surface area contributed by atoms with E-state index in [1.807, 2.05) is 61.5 Å². The molecule has 0 aliphatic carbocycles. The minimum Gasteiger partial charge on any atom is -0.494 e. The molecule has 0 aliphatic heterocycles. The third-order valence-corrected chi connectivity index (χ3v) is 4.85. The minimum atomic E-state index is -0.370. The first-order valence-electron chi connectivity index (χ1n) is 10.1. The maximum absolute atomic E-state index is 12.9. The molecule has 2 heterocycles. The van der Waals surface area contributed by atoms with Crippen LogP contribution in [0, 0.1) is 6.92 Å². The van der Waals surface area contributed by atoms with Crippen LogP contribution in [-0.2, 0) is 17.9 Å². The number of hydrogen-bond donors (Lipinski definition) is 1. The molecule has 0 radical (unpaired) electrons. The molecule has 0 saturated carbocycles. The third-order valence-electron chi connectivity index (χ3n) is 4.85. The molecule has 4 rings (SSSR count). The molecule has 2 aromatic carbocycles. The van der Waals surface area contributed by atoms with E-state index in [1.54, 1.807) is 13.0 Å². The normalized spacial score (nSPS) is 10.9. The average Bonchev–Trinajstić information content (AvgIpc) is 3.24. The maximum Gasteiger partial charge on any atom is 0.293 e. The predicted octanol–water partition coefficient (Wildman–Crippen LogP) is 2.58. The zero-order valence-corrected chi connectivity index (χ0v) is 17.4. The summed E-state index contributed by atoms with van der Waals surface area (Å²) < 4.78 is 8.26. The van der Waals surface area contributed by atoms with Gasteiger partial charge in [-0.05, 0) is 26.0 Å². The fourth-order valence-electron chi connectivity index (χ4n) is 3.36. The third kappa shape index (κ3) is 4.32. The summed E-state index contributed by atoms with van der Waals surface area (Å²) in [4.78, 5) is 25.4. The van der Waals surface area contributed by atoms with Gasteiger partial charge < -0.3 is 10.1 Å². The number of rotatable bonds is 7. The molecule has 4 aromatic rings. The highest BCUT2D eigenvalue weighted by Gasteiger charge is 2.15. The zero-order chi connectivity index (χ0) is 21.8. The lowest BCUT2D eigenvalue weighted by atomic mass is 10.1. The number of ether oxygens (including phenoxy) is 1. The van der Waals surface area contributed by atoms with Gasteiger partial charge in [-0.1, -0.05) is 48.5 Å². The Balaban J connectivity index is 1.54. The van der Waals surface area contributed by atoms with Crippen molar-refractivity contribution in [3.63, 3.8) is 0 Å². The van der Waals surface area contributed by atoms with Crippen LogP contribution in [0.2, 0.25) is 0 Å². The molecule has 8 heteroatoms. The van der Waals surface area contributed by atoms with Crippen molar-refractivity contribution in [2.45, 2.75) is 26.9 Å². The van der Waals surface area contributed by atoms with Crippen LogP contribution in [0.1, 0.15) is 18.3 Å². The number of aryl methyl sites for hydroxylation is 1. The smallest absolute Gasteiger partial charge is 0.293 e. The number of aromatic nitrogens is 4. The van der Waals surface area contributed by atoms with Gasteiger partial charge in [-0.3, -0.25) is 9.59 Å². The number of nitrogens with one attached hydrogen (secondary N) is 1. The van der Waals surface area contributed by atoms with E-state index < -0.39 is 0 Å². The molecule has 158 valence electrons. The summed E-state index contributed by atoms with van der Waals surface area (Å²) in [5, 5.41) is 11.6. The fraction of sp³-hybridized carbons (Fsp3) is 0.217. The highest BCUT2D eigenvalue weighted by Crippen LogP contribution is 2.19. The Morgan fingerprint density at radius 2 is 1.81 bits per heavy atom. The predicted molar refractivity (Wildman–Crippen MR) is 117 cm³/mol. The molecule has 0 saturated heterocycles. The lowest BCUT2D eigenvalue weighted by molar-refractivity contribution is -0.122. The Bertz CT molecular complexity index is 1280. The van der Waals surface area contributed by atoms with E-state index in [0.29, 0.717) is 30.2 Å². The van der Waals surface area contributed by atoms with Crippen LogP contribution in [0.15, 0.2) is 65.5 Å². The fourth-order valence-corrected chi connectivity index (χ4v) is 3.36. The second-order valence-electron chi connectivity index (χ2n) is 7.02. The number of carbonyl (C=O) groups excluding carboxylic acids is 1. The Morgan fingerprint density at radius 3 is 2.58 bits per heavy atom. The number of nitrogens with zero attached hydrogens (tertiary/aromatic N) is 4. The first kappa shape index (κ1) is 20.3. The molecule has 1 N–H and O–H groups in total. The van der Waals surface area contributed by atoms with Gasteiger partial charge in [-0.25, -0.2) is 9.20 Å². The largest absolute Gasteiger partial charge is 0.494 e. The molecule has 1 amide bonds. The van der Waals surface area contributed by atoms with Crippen molar-refractivity contribution in [1.29, 1.82) is 0 Å². The standard InChI is InChI=1S/C23H23N5O3/c1-3-31-21-12-8-7-11-18(21)14-24-22(29)15-27-23(30)20-13-19(17-9-5-4-6-10-17)26-28(20)16(2)25-27/h4-13H,3,14-15H2,1-2H3,(H,24,29). The van der Waals surface area contributed by atoms with Gasteiger partial charge in [0.1, 0.15) is 23.6 Å². The van der Waals surface area contributed by atoms with Crippen molar-refractivity contribution < 1.29 is 9.53 Å². The topological polar surface area (TPSA) is 90.5 Å². The Hall–Kier alpha value is -3.94. The number of amides is 1. The number of benzene rings is 2. The van der Waals surface area contributed by atoms with E-state index in [2.05, 4.69) is 15.5 Å². The highest BCUT2D eigenvalue weighted by molar-refractivity contribution is 5.76. The number of fused-ring (bicyclic) bond motifs is 1. The second kappa shape index (κ2) is 8.83. The highest BCUT2D eigenvalue weighted by atomic mass is 16.5. The van der Waals surface area contributed by atoms with E-state index in [9.17, 15) is 9.59 Å². The van der Waals surface area contributed by atoms with Crippen molar-refractivity contribution in [2.75, 3.05) is 6.61 Å². The molecule has 8 nitrogen and oxygen atoms in total. The first-order chi connectivity index (χ1) is 15.1. The Kier molecular flexibility index (Phi) is 5.79. The van der Waals surface area contributed by atoms with Gasteiger partial charge in [0.2, 0.25) is 5.91 Å². The van der Waals surface area contributed by atoms with Gasteiger partial charge in [0, 0.05) is 17.7 Å². The van der Waals surface area contributed by atoms with Crippen molar-refractivity contribution in [3.05, 3.63) is 82.4 Å². The lowest BCUT2D eigenvalue weighted by Crippen LogP contribution is -2.34. The molecule has 0 atom stereocenters. The molecule has 2 aromatic heterocycles. The van der Waals surface area contributed by atoms with Gasteiger partial charge in [0.15, 0.2) is 0 Å². The van der Waals surface area contributed by atoms with E-state index >= 15 is 0 Å². The molecule has 0 unspecified atom stereocenters. The molecule has 0 bridgehead atoms. The van der Waals surface area contributed by atoms with Gasteiger partial charge >= 0.3 is 0 Å². The second-order valence-corrected chi connectivity index (χ2v) is 7.02. The summed E-state index contributed by atoms with van der Waals surface area (Å²) in [5.74, 6) is 0.935. The van der Waals surface area contributed by atoms with Crippen LogP contribution in [0.5, 0.6) is 5.75 Å². The number of para-hydroxylation sites is 1. The van der Waals surface area contributed by atoms with Crippen LogP contribution in [0.4, 0.5) is 0 Å². The van der Waals surface area contributed by atoms with Gasteiger partial charge in [0.05, 0.1) is 12.3 Å². The van der Waals surface area contributed by atoms with Crippen molar-refractivity contribution in [3.8, 4) is 17.0 Å². The molecule has 0 spiro atoms. The van der Waals surface area contributed by atoms with Crippen molar-refractivity contribution in [1.82, 2.24) is 24.7 Å². The summed E-state index contributed by atoms with van der Waals surface area (Å²) in [6.07, 6.45) is 0. The first-order valence-corrected chi connectivity index (χ1v) is 10.1. The molecular formula is C23H23N5O3. The van der Waals surface area contributed by atoms with Crippen molar-refractivity contribution in [2.24, 2.45) is 0 Å². The minimum absolute atomic E-state index is 0.182. The van der Waals surface area contributed by atoms with Gasteiger partial charge in [-0.2, -0.15) is 10.2 Å². The molecule has 0 fully saturated rings. The SMILES string of the molecule is CCOc1ccccc1CNC(=O)Cn1nc(C)n2nc(-c3ccccc3)cc2c1=O. The van der Waals surface area contributed by atoms with Crippen LogP contribution < -0.4 is 15.6 Å². The summed E-state index contributed by atoms with van der Waals surface area (Å²) in [5.41, 5.74) is 2.46. The summed E-state index contributed by atoms with van der Waals surface area (Å²) in [6.45, 7) is 4.32. The van der Waals surface area contributed by atoms with E-state index in [0.717, 1.165) is 16.9 Å². The molecule has 0 aliphatic rings. The van der Waals surface area contributed by atoms with E-state index in [4.69, 9.17) is 4.74 Å². The van der Waals surface area contributed by atoms with Crippen LogP contribution in [-0.4, -0.2) is 31.9 Å². The average molecular weight is 417 g/mol. The van der Waals surface area contributed by atoms with E-state index in [1.165, 1.54) is 9.20 Å². The van der Waals surface area contributed by atoms with Crippen LogP contribution in [0.3, 0.4) is 0 Å².